The van der Waals surface area contributed by atoms with Crippen LogP contribution in [0.1, 0.15) is 61.8 Å². The van der Waals surface area contributed by atoms with Gasteiger partial charge in [0.05, 0.1) is 12.2 Å². The molecule has 1 heterocycles. The number of ether oxygens (including phenoxy) is 1. The van der Waals surface area contributed by atoms with Crippen LogP contribution in [0.15, 0.2) is 12.2 Å². The van der Waals surface area contributed by atoms with Crippen LogP contribution in [-0.4, -0.2) is 24.2 Å². The van der Waals surface area contributed by atoms with Crippen LogP contribution in [0.5, 0.6) is 0 Å². The Hall–Kier alpha value is -1.40. The minimum absolute atomic E-state index is 0.260. The predicted molar refractivity (Wildman–Crippen MR) is 114 cm³/mol. The smallest absolute Gasteiger partial charge is 0.341 e. The van der Waals surface area contributed by atoms with Crippen LogP contribution in [0.2, 0.25) is 0 Å². The summed E-state index contributed by atoms with van der Waals surface area (Å²) in [6, 6.07) is 0. The van der Waals surface area contributed by atoms with E-state index in [-0.39, 0.29) is 11.4 Å². The van der Waals surface area contributed by atoms with Crippen molar-refractivity contribution < 1.29 is 9.53 Å². The highest BCUT2D eigenvalue weighted by Gasteiger charge is 2.34. The Morgan fingerprint density at radius 2 is 2.12 bits per heavy atom. The maximum atomic E-state index is 12.6. The molecule has 1 atom stereocenters. The van der Waals surface area contributed by atoms with E-state index in [2.05, 4.69) is 38.0 Å². The molecule has 26 heavy (non-hydrogen) atoms. The first-order valence-electron chi connectivity index (χ1n) is 9.14. The monoisotopic (exact) mass is 394 g/mol. The fourth-order valence-corrected chi connectivity index (χ4v) is 4.77. The molecule has 0 spiro atoms. The van der Waals surface area contributed by atoms with Gasteiger partial charge in [-0.1, -0.05) is 32.9 Å². The van der Waals surface area contributed by atoms with Crippen molar-refractivity contribution in [3.05, 3.63) is 28.2 Å². The number of nitrogens with one attached hydrogen (secondary N) is 2. The van der Waals surface area contributed by atoms with E-state index in [0.717, 1.165) is 35.4 Å². The van der Waals surface area contributed by atoms with Crippen LogP contribution < -0.4 is 10.6 Å². The Morgan fingerprint density at radius 3 is 2.69 bits per heavy atom. The van der Waals surface area contributed by atoms with E-state index in [1.807, 2.05) is 13.8 Å². The summed E-state index contributed by atoms with van der Waals surface area (Å²) in [6.45, 7) is 15.5. The Morgan fingerprint density at radius 1 is 1.42 bits per heavy atom. The van der Waals surface area contributed by atoms with Gasteiger partial charge < -0.3 is 15.4 Å². The molecule has 2 N–H and O–H groups in total. The molecule has 0 aromatic carbocycles. The number of rotatable bonds is 5. The van der Waals surface area contributed by atoms with Crippen LogP contribution in [0, 0.1) is 11.3 Å². The van der Waals surface area contributed by atoms with Gasteiger partial charge in [-0.3, -0.25) is 0 Å². The van der Waals surface area contributed by atoms with E-state index in [0.29, 0.717) is 29.7 Å². The van der Waals surface area contributed by atoms with Crippen LogP contribution in [0.3, 0.4) is 0 Å². The van der Waals surface area contributed by atoms with Crippen molar-refractivity contribution in [2.45, 2.75) is 53.9 Å². The first kappa shape index (κ1) is 20.9. The van der Waals surface area contributed by atoms with E-state index in [1.54, 1.807) is 11.3 Å². The molecule has 1 aromatic rings. The maximum Gasteiger partial charge on any atom is 0.341 e. The molecule has 0 radical (unpaired) electrons. The number of thiocarbonyl (C=S) groups is 1. The number of thiophene rings is 1. The standard InChI is InChI=1S/C20H30N2O2S2/c1-7-24-18(23)16-14-9-8-13(20(4,5)6)10-15(14)26-17(16)22-19(25)21-11-12(2)3/h13H,2,7-11H2,1,3-6H3,(H2,21,22,25)/t13-/m0/s1. The lowest BCUT2D eigenvalue weighted by atomic mass is 9.72. The third-order valence-electron chi connectivity index (χ3n) is 4.75. The second kappa shape index (κ2) is 8.53. The van der Waals surface area contributed by atoms with Gasteiger partial charge in [-0.05, 0) is 62.2 Å². The highest BCUT2D eigenvalue weighted by molar-refractivity contribution is 7.80. The second-order valence-electron chi connectivity index (χ2n) is 8.00. The number of carbonyl (C=O) groups is 1. The van der Waals surface area contributed by atoms with Crippen molar-refractivity contribution in [1.29, 1.82) is 0 Å². The van der Waals surface area contributed by atoms with Gasteiger partial charge in [0.25, 0.3) is 0 Å². The molecule has 1 aromatic heterocycles. The molecule has 0 amide bonds. The van der Waals surface area contributed by atoms with E-state index in [9.17, 15) is 4.79 Å². The van der Waals surface area contributed by atoms with Crippen LogP contribution in [0.25, 0.3) is 0 Å². The molecule has 0 saturated carbocycles. The van der Waals surface area contributed by atoms with Crippen molar-refractivity contribution in [3.63, 3.8) is 0 Å². The quantitative estimate of drug-likeness (QED) is 0.421. The summed E-state index contributed by atoms with van der Waals surface area (Å²) >= 11 is 7.02. The number of carbonyl (C=O) groups excluding carboxylic acids is 1. The van der Waals surface area contributed by atoms with Gasteiger partial charge in [0.15, 0.2) is 5.11 Å². The second-order valence-corrected chi connectivity index (χ2v) is 9.51. The maximum absolute atomic E-state index is 12.6. The van der Waals surface area contributed by atoms with E-state index < -0.39 is 0 Å². The average Bonchev–Trinajstić information content (AvgIpc) is 2.89. The minimum atomic E-state index is -0.260. The first-order valence-corrected chi connectivity index (χ1v) is 10.4. The molecule has 4 nitrogen and oxygen atoms in total. The minimum Gasteiger partial charge on any atom is -0.462 e. The number of esters is 1. The van der Waals surface area contributed by atoms with Crippen molar-refractivity contribution in [1.82, 2.24) is 5.32 Å². The zero-order valence-electron chi connectivity index (χ0n) is 16.5. The molecule has 0 unspecified atom stereocenters. The topological polar surface area (TPSA) is 50.4 Å². The van der Waals surface area contributed by atoms with E-state index in [1.165, 1.54) is 4.88 Å². The van der Waals surface area contributed by atoms with Crippen molar-refractivity contribution in [2.75, 3.05) is 18.5 Å². The number of hydrogen-bond acceptors (Lipinski definition) is 4. The lowest BCUT2D eigenvalue weighted by Crippen LogP contribution is -2.30. The third-order valence-corrected chi connectivity index (χ3v) is 6.16. The van der Waals surface area contributed by atoms with Gasteiger partial charge in [-0.2, -0.15) is 0 Å². The number of fused-ring (bicyclic) bond motifs is 1. The zero-order valence-corrected chi connectivity index (χ0v) is 18.1. The SMILES string of the molecule is C=C(C)CNC(=S)Nc1sc2c(c1C(=O)OCC)CC[C@H](C(C)(C)C)C2. The average molecular weight is 395 g/mol. The zero-order chi connectivity index (χ0) is 19.5. The lowest BCUT2D eigenvalue weighted by Gasteiger charge is -2.33. The molecule has 2 rings (SSSR count). The van der Waals surface area contributed by atoms with Gasteiger partial charge in [0.2, 0.25) is 0 Å². The van der Waals surface area contributed by atoms with Crippen molar-refractivity contribution in [2.24, 2.45) is 11.3 Å². The van der Waals surface area contributed by atoms with Gasteiger partial charge in [-0.25, -0.2) is 4.79 Å². The highest BCUT2D eigenvalue weighted by atomic mass is 32.1. The predicted octanol–water partition coefficient (Wildman–Crippen LogP) is 4.94. The van der Waals surface area contributed by atoms with Crippen LogP contribution >= 0.6 is 23.6 Å². The summed E-state index contributed by atoms with van der Waals surface area (Å²) in [6.07, 6.45) is 3.01. The molecule has 1 aliphatic rings. The summed E-state index contributed by atoms with van der Waals surface area (Å²) in [5.74, 6) is 0.356. The summed E-state index contributed by atoms with van der Waals surface area (Å²) in [4.78, 5) is 13.9. The Labute approximate surface area is 166 Å². The Bertz CT molecular complexity index is 701. The van der Waals surface area contributed by atoms with Gasteiger partial charge in [0.1, 0.15) is 5.00 Å². The number of anilines is 1. The summed E-state index contributed by atoms with van der Waals surface area (Å²) in [7, 11) is 0. The van der Waals surface area contributed by atoms with E-state index in [4.69, 9.17) is 17.0 Å². The molecular formula is C20H30N2O2S2. The fourth-order valence-electron chi connectivity index (χ4n) is 3.21. The van der Waals surface area contributed by atoms with Gasteiger partial charge in [0, 0.05) is 11.4 Å². The van der Waals surface area contributed by atoms with Gasteiger partial charge in [-0.15, -0.1) is 11.3 Å². The lowest BCUT2D eigenvalue weighted by molar-refractivity contribution is 0.0526. The van der Waals surface area contributed by atoms with Crippen LogP contribution in [0.4, 0.5) is 5.00 Å². The molecule has 0 bridgehead atoms. The summed E-state index contributed by atoms with van der Waals surface area (Å²) in [5.41, 5.74) is 3.06. The summed E-state index contributed by atoms with van der Waals surface area (Å²) < 4.78 is 5.32. The normalized spacial score (nSPS) is 16.6. The fraction of sp³-hybridized carbons (Fsp3) is 0.600. The molecule has 1 aliphatic carbocycles. The molecule has 144 valence electrons. The largest absolute Gasteiger partial charge is 0.462 e. The molecule has 0 saturated heterocycles. The molecule has 0 aliphatic heterocycles. The first-order chi connectivity index (χ1) is 12.1. The number of hydrogen-bond donors (Lipinski definition) is 2. The summed E-state index contributed by atoms with van der Waals surface area (Å²) in [5, 5.41) is 7.63. The van der Waals surface area contributed by atoms with E-state index >= 15 is 0 Å². The van der Waals surface area contributed by atoms with Gasteiger partial charge >= 0.3 is 5.97 Å². The molecular weight excluding hydrogens is 364 g/mol. The molecule has 6 heteroatoms. The Kier molecular flexibility index (Phi) is 6.86. The Balaban J connectivity index is 2.29. The highest BCUT2D eigenvalue weighted by Crippen LogP contribution is 2.44. The van der Waals surface area contributed by atoms with Crippen molar-refractivity contribution in [3.8, 4) is 0 Å². The molecule has 0 fully saturated rings. The third kappa shape index (κ3) is 5.07. The van der Waals surface area contributed by atoms with Crippen LogP contribution in [-0.2, 0) is 17.6 Å². The van der Waals surface area contributed by atoms with Crippen molar-refractivity contribution >= 4 is 39.6 Å².